The molecule has 9 heteroatoms. The third-order valence-electron chi connectivity index (χ3n) is 3.98. The summed E-state index contributed by atoms with van der Waals surface area (Å²) in [5.41, 5.74) is -2.72. The number of rotatable bonds is 2. The van der Waals surface area contributed by atoms with Gasteiger partial charge in [-0.3, -0.25) is 0 Å². The Morgan fingerprint density at radius 2 is 1.59 bits per heavy atom. The van der Waals surface area contributed by atoms with Crippen molar-refractivity contribution in [2.75, 3.05) is 19.0 Å². The van der Waals surface area contributed by atoms with Crippen molar-refractivity contribution in [2.45, 2.75) is 45.1 Å². The molecule has 0 spiro atoms. The fourth-order valence-electron chi connectivity index (χ4n) is 1.97. The van der Waals surface area contributed by atoms with E-state index in [-0.39, 0.29) is 11.4 Å². The molecule has 0 bridgehead atoms. The molecule has 0 saturated carbocycles. The lowest BCUT2D eigenvalue weighted by Gasteiger charge is -2.32. The summed E-state index contributed by atoms with van der Waals surface area (Å²) >= 11 is 0. The minimum absolute atomic E-state index is 0.0207. The molecule has 2 heterocycles. The number of nitrogens with zero attached hydrogens (tertiary/aromatic N) is 3. The zero-order valence-electron chi connectivity index (χ0n) is 13.4. The van der Waals surface area contributed by atoms with Crippen LogP contribution in [0.4, 0.5) is 19.1 Å². The van der Waals surface area contributed by atoms with E-state index in [2.05, 4.69) is 9.97 Å². The van der Waals surface area contributed by atoms with Gasteiger partial charge < -0.3 is 14.2 Å². The standard InChI is InChI=1S/C13H19BF3N3O2/c1-11(2)12(3,4)22-14(21-11)8-7-18-10(20(5)6)19-9(8)13(15,16)17/h7H,1-6H3. The Morgan fingerprint density at radius 3 is 2.00 bits per heavy atom. The number of anilines is 1. The van der Waals surface area contributed by atoms with Crippen molar-refractivity contribution in [3.63, 3.8) is 0 Å². The van der Waals surface area contributed by atoms with Crippen LogP contribution in [0.25, 0.3) is 0 Å². The van der Waals surface area contributed by atoms with Crippen molar-refractivity contribution in [3.05, 3.63) is 11.9 Å². The van der Waals surface area contributed by atoms with Crippen LogP contribution < -0.4 is 10.4 Å². The monoisotopic (exact) mass is 317 g/mol. The average Bonchev–Trinajstić information content (AvgIpc) is 2.56. The fraction of sp³-hybridized carbons (Fsp3) is 0.692. The highest BCUT2D eigenvalue weighted by atomic mass is 19.4. The first-order valence-electron chi connectivity index (χ1n) is 6.82. The van der Waals surface area contributed by atoms with Crippen molar-refractivity contribution >= 4 is 18.5 Å². The molecule has 0 radical (unpaired) electrons. The van der Waals surface area contributed by atoms with Crippen LogP contribution in [0.1, 0.15) is 33.4 Å². The van der Waals surface area contributed by atoms with Gasteiger partial charge in [-0.05, 0) is 27.7 Å². The van der Waals surface area contributed by atoms with Gasteiger partial charge in [0.15, 0.2) is 0 Å². The highest BCUT2D eigenvalue weighted by Gasteiger charge is 2.54. The Morgan fingerprint density at radius 1 is 1.09 bits per heavy atom. The van der Waals surface area contributed by atoms with Crippen LogP contribution in [0, 0.1) is 0 Å². The topological polar surface area (TPSA) is 47.5 Å². The summed E-state index contributed by atoms with van der Waals surface area (Å²) in [5.74, 6) is -0.0207. The van der Waals surface area contributed by atoms with Gasteiger partial charge in [0.1, 0.15) is 5.69 Å². The zero-order chi connectivity index (χ0) is 16.9. The van der Waals surface area contributed by atoms with E-state index < -0.39 is 30.2 Å². The van der Waals surface area contributed by atoms with Gasteiger partial charge in [-0.2, -0.15) is 13.2 Å². The van der Waals surface area contributed by atoms with Gasteiger partial charge >= 0.3 is 13.3 Å². The van der Waals surface area contributed by atoms with Gasteiger partial charge in [-0.1, -0.05) is 0 Å². The maximum atomic E-state index is 13.3. The second kappa shape index (κ2) is 5.09. The van der Waals surface area contributed by atoms with Crippen LogP contribution in [0.2, 0.25) is 0 Å². The highest BCUT2D eigenvalue weighted by molar-refractivity contribution is 6.62. The third-order valence-corrected chi connectivity index (χ3v) is 3.98. The average molecular weight is 317 g/mol. The summed E-state index contributed by atoms with van der Waals surface area (Å²) in [7, 11) is 1.99. The van der Waals surface area contributed by atoms with Gasteiger partial charge in [0.05, 0.1) is 11.2 Å². The SMILES string of the molecule is CN(C)c1ncc(B2OC(C)(C)C(C)(C)O2)c(C(F)(F)F)n1. The smallest absolute Gasteiger partial charge is 0.399 e. The predicted octanol–water partition coefficient (Wildman–Crippen LogP) is 1.86. The van der Waals surface area contributed by atoms with Gasteiger partial charge in [-0.15, -0.1) is 0 Å². The van der Waals surface area contributed by atoms with Crippen LogP contribution in [0.15, 0.2) is 6.20 Å². The lowest BCUT2D eigenvalue weighted by atomic mass is 9.78. The second-order valence-corrected chi connectivity index (χ2v) is 6.45. The molecule has 5 nitrogen and oxygen atoms in total. The van der Waals surface area contributed by atoms with Gasteiger partial charge in [-0.25, -0.2) is 9.97 Å². The van der Waals surface area contributed by atoms with Crippen LogP contribution in [-0.4, -0.2) is 42.4 Å². The van der Waals surface area contributed by atoms with E-state index in [9.17, 15) is 13.2 Å². The zero-order valence-corrected chi connectivity index (χ0v) is 13.4. The third kappa shape index (κ3) is 2.92. The molecule has 1 aromatic rings. The molecule has 1 aliphatic heterocycles. The van der Waals surface area contributed by atoms with Gasteiger partial charge in [0.2, 0.25) is 5.95 Å². The largest absolute Gasteiger partial charge is 0.498 e. The molecule has 0 N–H and O–H groups in total. The van der Waals surface area contributed by atoms with Crippen LogP contribution in [0.3, 0.4) is 0 Å². The first kappa shape index (κ1) is 17.0. The Kier molecular flexibility index (Phi) is 3.94. The lowest BCUT2D eigenvalue weighted by molar-refractivity contribution is -0.140. The van der Waals surface area contributed by atoms with Crippen molar-refractivity contribution in [3.8, 4) is 0 Å². The maximum absolute atomic E-state index is 13.3. The van der Waals surface area contributed by atoms with Gasteiger partial charge in [0.25, 0.3) is 0 Å². The van der Waals surface area contributed by atoms with E-state index >= 15 is 0 Å². The van der Waals surface area contributed by atoms with E-state index in [1.165, 1.54) is 4.90 Å². The second-order valence-electron chi connectivity index (χ2n) is 6.45. The number of hydrogen-bond donors (Lipinski definition) is 0. The highest BCUT2D eigenvalue weighted by Crippen LogP contribution is 2.37. The molecular weight excluding hydrogens is 298 g/mol. The van der Waals surface area contributed by atoms with Crippen LogP contribution >= 0.6 is 0 Å². The molecule has 0 amide bonds. The summed E-state index contributed by atoms with van der Waals surface area (Å²) in [5, 5.41) is 0. The minimum Gasteiger partial charge on any atom is -0.399 e. The molecule has 0 unspecified atom stereocenters. The molecule has 1 fully saturated rings. The Labute approximate surface area is 128 Å². The van der Waals surface area contributed by atoms with E-state index in [1.54, 1.807) is 41.8 Å². The van der Waals surface area contributed by atoms with E-state index in [0.29, 0.717) is 0 Å². The number of halogens is 3. The molecule has 2 rings (SSSR count). The molecule has 1 saturated heterocycles. The van der Waals surface area contributed by atoms with Gasteiger partial charge in [0, 0.05) is 25.8 Å². The Hall–Kier alpha value is -1.35. The summed E-state index contributed by atoms with van der Waals surface area (Å²) in [4.78, 5) is 8.97. The molecule has 0 atom stereocenters. The summed E-state index contributed by atoms with van der Waals surface area (Å²) in [6.07, 6.45) is -3.50. The quantitative estimate of drug-likeness (QED) is 0.779. The fourth-order valence-corrected chi connectivity index (χ4v) is 1.97. The molecule has 0 aliphatic carbocycles. The molecule has 1 aliphatic rings. The van der Waals surface area contributed by atoms with E-state index in [4.69, 9.17) is 9.31 Å². The molecule has 0 aromatic carbocycles. The Balaban J connectivity index is 2.48. The lowest BCUT2D eigenvalue weighted by Crippen LogP contribution is -2.41. The van der Waals surface area contributed by atoms with Crippen LogP contribution in [-0.2, 0) is 15.5 Å². The van der Waals surface area contributed by atoms with E-state index in [0.717, 1.165) is 6.20 Å². The van der Waals surface area contributed by atoms with Crippen molar-refractivity contribution < 1.29 is 22.5 Å². The van der Waals surface area contributed by atoms with Crippen molar-refractivity contribution in [1.29, 1.82) is 0 Å². The molecule has 122 valence electrons. The minimum atomic E-state index is -4.62. The first-order chi connectivity index (χ1) is 9.85. The summed E-state index contributed by atoms with van der Waals surface area (Å²) in [6.45, 7) is 7.09. The number of aromatic nitrogens is 2. The maximum Gasteiger partial charge on any atom is 0.498 e. The molecular formula is C13H19BF3N3O2. The normalized spacial score (nSPS) is 20.3. The summed E-state index contributed by atoms with van der Waals surface area (Å²) in [6, 6.07) is 0. The van der Waals surface area contributed by atoms with Crippen molar-refractivity contribution in [2.24, 2.45) is 0 Å². The summed E-state index contributed by atoms with van der Waals surface area (Å²) < 4.78 is 51.3. The predicted molar refractivity (Wildman–Crippen MR) is 77.1 cm³/mol. The molecule has 1 aromatic heterocycles. The van der Waals surface area contributed by atoms with E-state index in [1.807, 2.05) is 0 Å². The first-order valence-corrected chi connectivity index (χ1v) is 6.82. The number of hydrogen-bond acceptors (Lipinski definition) is 5. The molecule has 22 heavy (non-hydrogen) atoms. The Bertz CT molecular complexity index is 560. The van der Waals surface area contributed by atoms with Crippen molar-refractivity contribution in [1.82, 2.24) is 9.97 Å². The number of alkyl halides is 3. The van der Waals surface area contributed by atoms with Crippen LogP contribution in [0.5, 0.6) is 0 Å².